The van der Waals surface area contributed by atoms with Gasteiger partial charge in [-0.05, 0) is 55.0 Å². The number of hydrogen-bond donors (Lipinski definition) is 1. The van der Waals surface area contributed by atoms with Gasteiger partial charge in [-0.15, -0.1) is 12.6 Å². The number of benzene rings is 1. The molecule has 0 atom stereocenters. The Balaban J connectivity index is 1.95. The van der Waals surface area contributed by atoms with Crippen LogP contribution in [0.2, 0.25) is 0 Å². The van der Waals surface area contributed by atoms with Crippen LogP contribution in [-0.4, -0.2) is 9.97 Å². The van der Waals surface area contributed by atoms with E-state index in [0.29, 0.717) is 0 Å². The molecule has 1 aromatic carbocycles. The smallest absolute Gasteiger partial charge is 0.159 e. The molecule has 148 valence electrons. The molecule has 0 saturated heterocycles. The normalized spacial score (nSPS) is 11.1. The van der Waals surface area contributed by atoms with E-state index in [1.165, 1.54) is 75.3 Å². The van der Waals surface area contributed by atoms with Gasteiger partial charge >= 0.3 is 0 Å². The highest BCUT2D eigenvalue weighted by Gasteiger charge is 2.09. The van der Waals surface area contributed by atoms with Crippen LogP contribution < -0.4 is 0 Å². The summed E-state index contributed by atoms with van der Waals surface area (Å²) in [7, 11) is 0. The van der Waals surface area contributed by atoms with Crippen molar-refractivity contribution in [2.24, 2.45) is 0 Å². The number of aryl methyl sites for hydroxylation is 2. The van der Waals surface area contributed by atoms with Gasteiger partial charge in [0.05, 0.1) is 0 Å². The highest BCUT2D eigenvalue weighted by molar-refractivity contribution is 7.80. The second-order valence-corrected chi connectivity index (χ2v) is 8.10. The van der Waals surface area contributed by atoms with Crippen molar-refractivity contribution in [3.63, 3.8) is 0 Å². The summed E-state index contributed by atoms with van der Waals surface area (Å²) in [5, 5.41) is 0. The second kappa shape index (κ2) is 12.9. The van der Waals surface area contributed by atoms with E-state index in [9.17, 15) is 0 Å². The maximum atomic E-state index is 4.68. The van der Waals surface area contributed by atoms with Crippen LogP contribution in [0.5, 0.6) is 0 Å². The zero-order valence-corrected chi connectivity index (χ0v) is 18.1. The Labute approximate surface area is 171 Å². The van der Waals surface area contributed by atoms with Gasteiger partial charge in [-0.1, -0.05) is 65.2 Å². The van der Waals surface area contributed by atoms with E-state index in [4.69, 9.17) is 0 Å². The lowest BCUT2D eigenvalue weighted by molar-refractivity contribution is 0.631. The lowest BCUT2D eigenvalue weighted by Gasteiger charge is -2.10. The van der Waals surface area contributed by atoms with Gasteiger partial charge in [0.15, 0.2) is 5.82 Å². The molecule has 2 aromatic rings. The predicted molar refractivity (Wildman–Crippen MR) is 120 cm³/mol. The van der Waals surface area contributed by atoms with Crippen molar-refractivity contribution >= 4 is 12.6 Å². The molecule has 0 aliphatic rings. The van der Waals surface area contributed by atoms with Crippen molar-refractivity contribution in [2.45, 2.75) is 95.8 Å². The van der Waals surface area contributed by atoms with Crippen molar-refractivity contribution in [1.29, 1.82) is 0 Å². The maximum absolute atomic E-state index is 4.68. The maximum Gasteiger partial charge on any atom is 0.159 e. The molecule has 2 nitrogen and oxygen atoms in total. The highest BCUT2D eigenvalue weighted by Crippen LogP contribution is 2.25. The number of rotatable bonds is 13. The molecule has 1 heterocycles. The van der Waals surface area contributed by atoms with Crippen molar-refractivity contribution < 1.29 is 0 Å². The minimum absolute atomic E-state index is 0.849. The fourth-order valence-electron chi connectivity index (χ4n) is 3.48. The minimum atomic E-state index is 0.849. The molecular weight excluding hydrogens is 348 g/mol. The summed E-state index contributed by atoms with van der Waals surface area (Å²) in [5.41, 5.74) is 3.74. The molecule has 0 aliphatic heterocycles. The third-order valence-electron chi connectivity index (χ3n) is 5.15. The zero-order valence-electron chi connectivity index (χ0n) is 17.2. The van der Waals surface area contributed by atoms with Gasteiger partial charge in [0.25, 0.3) is 0 Å². The van der Waals surface area contributed by atoms with Crippen molar-refractivity contribution in [3.8, 4) is 11.4 Å². The predicted octanol–water partition coefficient (Wildman–Crippen LogP) is 7.46. The number of nitrogens with zero attached hydrogens (tertiary/aromatic N) is 2. The highest BCUT2D eigenvalue weighted by atomic mass is 32.1. The Hall–Kier alpha value is -1.35. The van der Waals surface area contributed by atoms with E-state index >= 15 is 0 Å². The molecule has 0 aliphatic carbocycles. The fraction of sp³-hybridized carbons (Fsp3) is 0.583. The van der Waals surface area contributed by atoms with Crippen LogP contribution >= 0.6 is 12.6 Å². The van der Waals surface area contributed by atoms with Gasteiger partial charge < -0.3 is 0 Å². The van der Waals surface area contributed by atoms with E-state index in [0.717, 1.165) is 29.1 Å². The van der Waals surface area contributed by atoms with E-state index in [1.807, 2.05) is 18.5 Å². The molecule has 0 saturated carbocycles. The van der Waals surface area contributed by atoms with E-state index in [-0.39, 0.29) is 0 Å². The first-order chi connectivity index (χ1) is 13.2. The minimum Gasteiger partial charge on any atom is -0.236 e. The van der Waals surface area contributed by atoms with Crippen molar-refractivity contribution in [2.75, 3.05) is 0 Å². The fourth-order valence-corrected chi connectivity index (χ4v) is 3.71. The third-order valence-corrected chi connectivity index (χ3v) is 5.43. The van der Waals surface area contributed by atoms with Crippen LogP contribution in [0.1, 0.15) is 89.2 Å². The van der Waals surface area contributed by atoms with Crippen LogP contribution in [0.15, 0.2) is 35.5 Å². The molecule has 2 rings (SSSR count). The summed E-state index contributed by atoms with van der Waals surface area (Å²) in [6, 6.07) is 6.36. The Bertz CT molecular complexity index is 652. The lowest BCUT2D eigenvalue weighted by Crippen LogP contribution is -1.97. The monoisotopic (exact) mass is 384 g/mol. The van der Waals surface area contributed by atoms with Crippen molar-refractivity contribution in [1.82, 2.24) is 9.97 Å². The average molecular weight is 385 g/mol. The SMILES string of the molecule is CCCCCCCc1cnc(-c2ccc(S)cc2CCCCCCC)nc1. The Morgan fingerprint density at radius 3 is 1.96 bits per heavy atom. The van der Waals surface area contributed by atoms with E-state index < -0.39 is 0 Å². The van der Waals surface area contributed by atoms with Crippen LogP contribution in [0, 0.1) is 0 Å². The third kappa shape index (κ3) is 8.04. The molecule has 0 radical (unpaired) electrons. The summed E-state index contributed by atoms with van der Waals surface area (Å²) in [5.74, 6) is 0.849. The Morgan fingerprint density at radius 2 is 1.33 bits per heavy atom. The largest absolute Gasteiger partial charge is 0.236 e. The van der Waals surface area contributed by atoms with Gasteiger partial charge in [0.2, 0.25) is 0 Å². The molecule has 3 heteroatoms. The van der Waals surface area contributed by atoms with Gasteiger partial charge in [-0.2, -0.15) is 0 Å². The van der Waals surface area contributed by atoms with E-state index in [2.05, 4.69) is 48.6 Å². The summed E-state index contributed by atoms with van der Waals surface area (Å²) >= 11 is 4.53. The first kappa shape index (κ1) is 21.9. The number of thiol groups is 1. The van der Waals surface area contributed by atoms with Gasteiger partial charge in [0, 0.05) is 22.9 Å². The molecule has 0 N–H and O–H groups in total. The van der Waals surface area contributed by atoms with Crippen molar-refractivity contribution in [3.05, 3.63) is 41.7 Å². The molecule has 27 heavy (non-hydrogen) atoms. The Morgan fingerprint density at radius 1 is 0.741 bits per heavy atom. The molecule has 1 aromatic heterocycles. The summed E-state index contributed by atoms with van der Waals surface area (Å²) in [6.07, 6.45) is 19.2. The quantitative estimate of drug-likeness (QED) is 0.286. The summed E-state index contributed by atoms with van der Waals surface area (Å²) in [4.78, 5) is 10.4. The molecule has 0 spiro atoms. The van der Waals surface area contributed by atoms with Crippen LogP contribution in [0.3, 0.4) is 0 Å². The molecule has 0 fully saturated rings. The summed E-state index contributed by atoms with van der Waals surface area (Å²) in [6.45, 7) is 4.51. The van der Waals surface area contributed by atoms with Crippen LogP contribution in [-0.2, 0) is 12.8 Å². The molecule has 0 unspecified atom stereocenters. The molecule has 0 amide bonds. The topological polar surface area (TPSA) is 25.8 Å². The second-order valence-electron chi connectivity index (χ2n) is 7.58. The number of aromatic nitrogens is 2. The molecule has 0 bridgehead atoms. The number of unbranched alkanes of at least 4 members (excludes halogenated alkanes) is 8. The van der Waals surface area contributed by atoms with Gasteiger partial charge in [-0.25, -0.2) is 9.97 Å². The average Bonchev–Trinajstić information content (AvgIpc) is 2.68. The first-order valence-electron chi connectivity index (χ1n) is 10.9. The zero-order chi connectivity index (χ0) is 19.3. The van der Waals surface area contributed by atoms with Gasteiger partial charge in [-0.3, -0.25) is 0 Å². The van der Waals surface area contributed by atoms with Crippen LogP contribution in [0.25, 0.3) is 11.4 Å². The lowest BCUT2D eigenvalue weighted by atomic mass is 10.00. The first-order valence-corrected chi connectivity index (χ1v) is 11.3. The summed E-state index contributed by atoms with van der Waals surface area (Å²) < 4.78 is 0. The van der Waals surface area contributed by atoms with Gasteiger partial charge in [0.1, 0.15) is 0 Å². The standard InChI is InChI=1S/C24H36N2S/c1-3-5-7-9-11-13-20-18-25-24(26-19-20)23-16-15-22(27)17-21(23)14-12-10-8-6-4-2/h15-19,27H,3-14H2,1-2H3. The van der Waals surface area contributed by atoms with Crippen LogP contribution in [0.4, 0.5) is 0 Å². The van der Waals surface area contributed by atoms with E-state index in [1.54, 1.807) is 0 Å². The molecular formula is C24H36N2S. The Kier molecular flexibility index (Phi) is 10.5. The number of hydrogen-bond acceptors (Lipinski definition) is 3.